The van der Waals surface area contributed by atoms with Gasteiger partial charge in [-0.25, -0.2) is 9.59 Å². The monoisotopic (exact) mass is 1370 g/mol. The minimum Gasteiger partial charge on any atom is -0.458 e. The first-order valence-corrected chi connectivity index (χ1v) is 36.6. The minimum absolute atomic E-state index is 0.0265. The molecule has 0 saturated carbocycles. The number of hydrogen-bond acceptors (Lipinski definition) is 20. The highest BCUT2D eigenvalue weighted by atomic mass is 16.6. The average molecular weight is 1380 g/mol. The van der Waals surface area contributed by atoms with Crippen LogP contribution in [0.3, 0.4) is 0 Å². The van der Waals surface area contributed by atoms with Crippen LogP contribution in [0.1, 0.15) is 198 Å². The van der Waals surface area contributed by atoms with E-state index in [1.165, 1.54) is 12.2 Å². The average Bonchev–Trinajstić information content (AvgIpc) is 0.897. The number of cyclic esters (lactones) is 2. The number of allylic oxidation sites excluding steroid dienone is 4. The van der Waals surface area contributed by atoms with Gasteiger partial charge < -0.3 is 88.2 Å². The van der Waals surface area contributed by atoms with Crippen LogP contribution in [0.5, 0.6) is 0 Å². The van der Waals surface area contributed by atoms with Gasteiger partial charge in [-0.15, -0.1) is 0 Å². The van der Waals surface area contributed by atoms with Crippen molar-refractivity contribution in [2.24, 2.45) is 41.4 Å². The van der Waals surface area contributed by atoms with E-state index in [1.54, 1.807) is 54.4 Å². The maximum atomic E-state index is 13.9. The van der Waals surface area contributed by atoms with Crippen LogP contribution in [0.25, 0.3) is 0 Å². The number of methoxy groups -OCH3 is 4. The molecule has 5 aliphatic rings. The number of hydrogen-bond donors (Lipinski definition) is 8. The standard InChI is InChI=1S/C77H130O20/c1-45-22-28-56(78)36-59-18-16-20-61(94-59)40-67(90-14)38-58(80)39-68(81)52(8)76(54(10)74(86)47(3)26-30-63-41-65(88-12)34-49(5)92-63)96-72(84)32-24-46(2)23-29-57(79)37-60-19-17-21-62(95-60)43-71(91-15)51(7)69(82)44-70(83)53(9)77(97-73(85)33-25-45)55(11)75(87)48(4)27-31-64-42-66(89-13)35-50(6)93-64/h16-19,22-25,32-33,47-71,74-83,86-87H,20-21,26-31,34-44H2,1-15H3/b32-24-,33-25-,45-22+,46-23-. The number of aliphatic hydroxyl groups excluding tert-OH is 8. The Morgan fingerprint density at radius 3 is 1.28 bits per heavy atom. The molecule has 0 amide bonds. The van der Waals surface area contributed by atoms with Crippen LogP contribution >= 0.6 is 0 Å². The largest absolute Gasteiger partial charge is 0.458 e. The summed E-state index contributed by atoms with van der Waals surface area (Å²) in [4.78, 5) is 27.7. The van der Waals surface area contributed by atoms with Crippen molar-refractivity contribution in [2.75, 3.05) is 28.4 Å². The van der Waals surface area contributed by atoms with E-state index in [0.717, 1.165) is 25.7 Å². The third-order valence-corrected chi connectivity index (χ3v) is 21.7. The van der Waals surface area contributed by atoms with Gasteiger partial charge in [0.1, 0.15) is 12.2 Å². The van der Waals surface area contributed by atoms with Crippen molar-refractivity contribution in [1.82, 2.24) is 0 Å². The van der Waals surface area contributed by atoms with Gasteiger partial charge in [0.15, 0.2) is 0 Å². The second-order valence-electron chi connectivity index (χ2n) is 29.9. The fourth-order valence-electron chi connectivity index (χ4n) is 15.1. The summed E-state index contributed by atoms with van der Waals surface area (Å²) in [6.45, 7) is 20.7. The van der Waals surface area contributed by atoms with Crippen molar-refractivity contribution >= 4 is 11.9 Å². The Bertz CT molecular complexity index is 2450. The molecule has 558 valence electrons. The van der Waals surface area contributed by atoms with Crippen molar-refractivity contribution in [3.8, 4) is 0 Å². The summed E-state index contributed by atoms with van der Waals surface area (Å²) in [5, 5.41) is 93.9. The van der Waals surface area contributed by atoms with Crippen LogP contribution in [0.15, 0.2) is 71.9 Å². The lowest BCUT2D eigenvalue weighted by Gasteiger charge is -2.38. The highest BCUT2D eigenvalue weighted by Gasteiger charge is 2.42. The third kappa shape index (κ3) is 28.8. The van der Waals surface area contributed by atoms with Gasteiger partial charge in [-0.3, -0.25) is 0 Å². The fourth-order valence-corrected chi connectivity index (χ4v) is 15.1. The molecule has 5 aliphatic heterocycles. The predicted molar refractivity (Wildman–Crippen MR) is 373 cm³/mol. The number of carbonyl (C=O) groups is 2. The molecule has 8 N–H and O–H groups in total. The summed E-state index contributed by atoms with van der Waals surface area (Å²) in [7, 11) is 6.57. The van der Waals surface area contributed by atoms with Crippen molar-refractivity contribution in [3.05, 3.63) is 71.9 Å². The molecule has 20 nitrogen and oxygen atoms in total. The van der Waals surface area contributed by atoms with E-state index in [0.29, 0.717) is 62.5 Å². The summed E-state index contributed by atoms with van der Waals surface area (Å²) in [6.07, 6.45) is 14.5. The molecule has 29 unspecified atom stereocenters. The van der Waals surface area contributed by atoms with E-state index in [4.69, 9.17) is 47.4 Å². The Morgan fingerprint density at radius 2 is 0.856 bits per heavy atom. The van der Waals surface area contributed by atoms with Gasteiger partial charge in [0.2, 0.25) is 0 Å². The summed E-state index contributed by atoms with van der Waals surface area (Å²) in [5.41, 5.74) is 1.39. The predicted octanol–water partition coefficient (Wildman–Crippen LogP) is 9.86. The van der Waals surface area contributed by atoms with Gasteiger partial charge in [-0.2, -0.15) is 0 Å². The Balaban J connectivity index is 1.35. The molecule has 2 saturated heterocycles. The fraction of sp³-hybridized carbons (Fsp3) is 0.818. The van der Waals surface area contributed by atoms with Crippen LogP contribution in [-0.2, 0) is 57.0 Å². The van der Waals surface area contributed by atoms with Crippen LogP contribution in [0, 0.1) is 41.4 Å². The number of esters is 2. The van der Waals surface area contributed by atoms with Gasteiger partial charge >= 0.3 is 11.9 Å². The molecular weight excluding hydrogens is 1240 g/mol. The van der Waals surface area contributed by atoms with E-state index in [9.17, 15) is 50.4 Å². The second-order valence-corrected chi connectivity index (χ2v) is 29.9. The van der Waals surface area contributed by atoms with Gasteiger partial charge in [0.25, 0.3) is 0 Å². The third-order valence-electron chi connectivity index (χ3n) is 21.7. The molecular formula is C77H130O20. The van der Waals surface area contributed by atoms with Crippen molar-refractivity contribution in [2.45, 2.75) is 332 Å². The zero-order valence-corrected chi connectivity index (χ0v) is 61.4. The van der Waals surface area contributed by atoms with Crippen molar-refractivity contribution in [1.29, 1.82) is 0 Å². The van der Waals surface area contributed by atoms with E-state index in [2.05, 4.69) is 0 Å². The first-order valence-electron chi connectivity index (χ1n) is 36.6. The Hall–Kier alpha value is -3.26. The minimum atomic E-state index is -1.16. The van der Waals surface area contributed by atoms with Crippen molar-refractivity contribution < 1.29 is 97.8 Å². The molecule has 29 atom stereocenters. The van der Waals surface area contributed by atoms with E-state index >= 15 is 0 Å². The summed E-state index contributed by atoms with van der Waals surface area (Å²) >= 11 is 0. The number of carbonyl (C=O) groups excluding carboxylic acids is 2. The SMILES string of the molecule is COC1CC(C)OC(CCC(C)C(O)C(C)C2OC(=O)/C=C\C(C)=C/CC(O)CC3C=CCC(CC(OC)C(C)C(O)CC(O)C(C)C(C(C)C(O)C(C)CCC4CC(OC)CC(C)O4)OC(=O)/C=C\C(C)=C\CC(O)CC4C=CCC(CC(OC)CC(O)CC(O)C2C)O4)O3)C1. The molecule has 4 bridgehead atoms. The lowest BCUT2D eigenvalue weighted by atomic mass is 9.78. The molecule has 0 aromatic heterocycles. The zero-order valence-electron chi connectivity index (χ0n) is 61.4. The number of aliphatic hydroxyl groups is 8. The van der Waals surface area contributed by atoms with Gasteiger partial charge in [0, 0.05) is 95.9 Å². The van der Waals surface area contributed by atoms with Gasteiger partial charge in [-0.1, -0.05) is 108 Å². The summed E-state index contributed by atoms with van der Waals surface area (Å²) < 4.78 is 61.1. The van der Waals surface area contributed by atoms with Crippen LogP contribution < -0.4 is 0 Å². The van der Waals surface area contributed by atoms with E-state index in [-0.39, 0.29) is 106 Å². The van der Waals surface area contributed by atoms with Crippen molar-refractivity contribution in [3.63, 3.8) is 0 Å². The molecule has 20 heteroatoms. The molecule has 0 aliphatic carbocycles. The molecule has 0 aromatic rings. The molecule has 97 heavy (non-hydrogen) atoms. The Labute approximate surface area is 581 Å². The molecule has 0 aromatic carbocycles. The van der Waals surface area contributed by atoms with Gasteiger partial charge in [-0.05, 0) is 136 Å². The van der Waals surface area contributed by atoms with E-state index < -0.39 is 127 Å². The number of fused-ring (bicyclic) bond motifs is 4. The van der Waals surface area contributed by atoms with Crippen LogP contribution in [0.4, 0.5) is 0 Å². The van der Waals surface area contributed by atoms with Crippen LogP contribution in [0.2, 0.25) is 0 Å². The second kappa shape index (κ2) is 43.0. The molecule has 0 radical (unpaired) electrons. The van der Waals surface area contributed by atoms with Crippen LogP contribution in [-0.4, -0.2) is 216 Å². The Kier molecular flexibility index (Phi) is 37.4. The lowest BCUT2D eigenvalue weighted by Crippen LogP contribution is -2.45. The van der Waals surface area contributed by atoms with E-state index in [1.807, 2.05) is 98.8 Å². The maximum Gasteiger partial charge on any atom is 0.331 e. The summed E-state index contributed by atoms with van der Waals surface area (Å²) in [6, 6.07) is 0. The highest BCUT2D eigenvalue weighted by Crippen LogP contribution is 2.36. The smallest absolute Gasteiger partial charge is 0.331 e. The first-order chi connectivity index (χ1) is 46.0. The molecule has 5 heterocycles. The topological polar surface area (TPSA) is 288 Å². The van der Waals surface area contributed by atoms with Gasteiger partial charge in [0.05, 0.1) is 122 Å². The zero-order chi connectivity index (χ0) is 71.6. The molecule has 5 rings (SSSR count). The first kappa shape index (κ1) is 84.4. The number of ether oxygens (including phenoxy) is 10. The normalized spacial score (nSPS) is 40.6. The maximum absolute atomic E-state index is 13.9. The summed E-state index contributed by atoms with van der Waals surface area (Å²) in [5.74, 6) is -5.00. The highest BCUT2D eigenvalue weighted by molar-refractivity contribution is 5.83. The molecule has 2 fully saturated rings. The molecule has 0 spiro atoms. The Morgan fingerprint density at radius 1 is 0.454 bits per heavy atom. The lowest BCUT2D eigenvalue weighted by molar-refractivity contribution is -0.158. The quantitative estimate of drug-likeness (QED) is 0.0527. The number of rotatable bonds is 16.